The molecule has 104 valence electrons. The first-order valence-electron chi connectivity index (χ1n) is 6.23. The van der Waals surface area contributed by atoms with Gasteiger partial charge in [-0.3, -0.25) is 4.79 Å². The maximum absolute atomic E-state index is 12.1. The molecule has 0 fully saturated rings. The molecule has 0 aliphatic heterocycles. The summed E-state index contributed by atoms with van der Waals surface area (Å²) < 4.78 is 4.69. The quantitative estimate of drug-likeness (QED) is 0.817. The second-order valence-corrected chi connectivity index (χ2v) is 4.58. The van der Waals surface area contributed by atoms with Gasteiger partial charge in [0.15, 0.2) is 0 Å². The average molecular weight is 284 g/mol. The summed E-state index contributed by atoms with van der Waals surface area (Å²) in [5.74, 6) is -0.800. The standard InChI is InChI=1S/C14H18ClNO3/c1-3-4-9-12(14(18)19-2)16-13(17)10-7-5-6-8-11(10)15/h5-8,12H,3-4,9H2,1-2H3,(H,16,17)/t12-/m1/s1. The van der Waals surface area contributed by atoms with Crippen LogP contribution >= 0.6 is 11.6 Å². The first kappa shape index (κ1) is 15.5. The molecule has 19 heavy (non-hydrogen) atoms. The minimum atomic E-state index is -0.631. The highest BCUT2D eigenvalue weighted by molar-refractivity contribution is 6.33. The van der Waals surface area contributed by atoms with Gasteiger partial charge in [-0.1, -0.05) is 43.5 Å². The van der Waals surface area contributed by atoms with Crippen molar-refractivity contribution in [2.24, 2.45) is 0 Å². The van der Waals surface area contributed by atoms with Gasteiger partial charge in [0.25, 0.3) is 5.91 Å². The SMILES string of the molecule is CCCC[C@@H](NC(=O)c1ccccc1Cl)C(=O)OC. The van der Waals surface area contributed by atoms with Crippen LogP contribution in [0, 0.1) is 0 Å². The summed E-state index contributed by atoms with van der Waals surface area (Å²) in [5.41, 5.74) is 0.356. The Hall–Kier alpha value is -1.55. The van der Waals surface area contributed by atoms with E-state index >= 15 is 0 Å². The molecule has 0 spiro atoms. The van der Waals surface area contributed by atoms with Crippen molar-refractivity contribution in [2.45, 2.75) is 32.2 Å². The fourth-order valence-electron chi connectivity index (χ4n) is 1.68. The number of esters is 1. The molecule has 1 N–H and O–H groups in total. The number of nitrogens with one attached hydrogen (secondary N) is 1. The predicted octanol–water partition coefficient (Wildman–Crippen LogP) is 2.80. The number of unbranched alkanes of at least 4 members (excludes halogenated alkanes) is 1. The average Bonchev–Trinajstić information content (AvgIpc) is 2.42. The Morgan fingerprint density at radius 1 is 1.37 bits per heavy atom. The lowest BCUT2D eigenvalue weighted by molar-refractivity contribution is -0.143. The highest BCUT2D eigenvalue weighted by Crippen LogP contribution is 2.15. The predicted molar refractivity (Wildman–Crippen MR) is 74.2 cm³/mol. The van der Waals surface area contributed by atoms with Crippen LogP contribution in [0.25, 0.3) is 0 Å². The van der Waals surface area contributed by atoms with Crippen molar-refractivity contribution in [3.05, 3.63) is 34.9 Å². The van der Waals surface area contributed by atoms with Crippen molar-refractivity contribution in [3.63, 3.8) is 0 Å². The van der Waals surface area contributed by atoms with Gasteiger partial charge in [0.05, 0.1) is 17.7 Å². The van der Waals surface area contributed by atoms with E-state index in [-0.39, 0.29) is 5.91 Å². The van der Waals surface area contributed by atoms with Crippen LogP contribution in [0.4, 0.5) is 0 Å². The molecule has 0 aliphatic rings. The molecule has 0 bridgehead atoms. The van der Waals surface area contributed by atoms with E-state index in [4.69, 9.17) is 11.6 Å². The van der Waals surface area contributed by atoms with E-state index in [1.54, 1.807) is 24.3 Å². The Labute approximate surface area is 118 Å². The molecule has 5 heteroatoms. The zero-order chi connectivity index (χ0) is 14.3. The highest BCUT2D eigenvalue weighted by Gasteiger charge is 2.22. The number of carbonyl (C=O) groups excluding carboxylic acids is 2. The summed E-state index contributed by atoms with van der Waals surface area (Å²) in [6.07, 6.45) is 2.33. The van der Waals surface area contributed by atoms with Gasteiger partial charge in [0, 0.05) is 0 Å². The number of benzene rings is 1. The largest absolute Gasteiger partial charge is 0.467 e. The molecule has 1 rings (SSSR count). The molecule has 1 atom stereocenters. The van der Waals surface area contributed by atoms with Crippen LogP contribution in [-0.2, 0) is 9.53 Å². The molecule has 4 nitrogen and oxygen atoms in total. The lowest BCUT2D eigenvalue weighted by Gasteiger charge is -2.16. The van der Waals surface area contributed by atoms with E-state index in [1.165, 1.54) is 7.11 Å². The van der Waals surface area contributed by atoms with Crippen LogP contribution < -0.4 is 5.32 Å². The van der Waals surface area contributed by atoms with Gasteiger partial charge >= 0.3 is 5.97 Å². The minimum absolute atomic E-state index is 0.356. The second-order valence-electron chi connectivity index (χ2n) is 4.17. The van der Waals surface area contributed by atoms with Crippen LogP contribution in [0.1, 0.15) is 36.5 Å². The Morgan fingerprint density at radius 3 is 2.63 bits per heavy atom. The first-order valence-corrected chi connectivity index (χ1v) is 6.61. The normalized spacial score (nSPS) is 11.7. The molecule has 0 aromatic heterocycles. The number of hydrogen-bond donors (Lipinski definition) is 1. The topological polar surface area (TPSA) is 55.4 Å². The monoisotopic (exact) mass is 283 g/mol. The fourth-order valence-corrected chi connectivity index (χ4v) is 1.90. The van der Waals surface area contributed by atoms with Crippen molar-refractivity contribution in [2.75, 3.05) is 7.11 Å². The number of carbonyl (C=O) groups is 2. The minimum Gasteiger partial charge on any atom is -0.467 e. The summed E-state index contributed by atoms with van der Waals surface area (Å²) in [6.45, 7) is 2.02. The Kier molecular flexibility index (Phi) is 6.36. The lowest BCUT2D eigenvalue weighted by atomic mass is 10.1. The molecule has 1 aromatic rings. The zero-order valence-electron chi connectivity index (χ0n) is 11.1. The third-order valence-corrected chi connectivity index (χ3v) is 3.09. The molecule has 0 aliphatic carbocycles. The summed E-state index contributed by atoms with van der Waals surface area (Å²) in [6, 6.07) is 6.09. The van der Waals surface area contributed by atoms with Crippen LogP contribution in [-0.4, -0.2) is 25.0 Å². The van der Waals surface area contributed by atoms with Crippen molar-refractivity contribution in [3.8, 4) is 0 Å². The van der Waals surface area contributed by atoms with Crippen LogP contribution in [0.5, 0.6) is 0 Å². The lowest BCUT2D eigenvalue weighted by Crippen LogP contribution is -2.41. The maximum atomic E-state index is 12.1. The number of rotatable bonds is 6. The number of halogens is 1. The highest BCUT2D eigenvalue weighted by atomic mass is 35.5. The Morgan fingerprint density at radius 2 is 2.05 bits per heavy atom. The molecule has 0 saturated carbocycles. The smallest absolute Gasteiger partial charge is 0.328 e. The van der Waals surface area contributed by atoms with E-state index in [9.17, 15) is 9.59 Å². The molecule has 0 heterocycles. The van der Waals surface area contributed by atoms with Gasteiger partial charge in [-0.05, 0) is 18.6 Å². The molecular formula is C14H18ClNO3. The second kappa shape index (κ2) is 7.79. The first-order chi connectivity index (χ1) is 9.10. The van der Waals surface area contributed by atoms with Crippen molar-refractivity contribution >= 4 is 23.5 Å². The third-order valence-electron chi connectivity index (χ3n) is 2.76. The van der Waals surface area contributed by atoms with Crippen molar-refractivity contribution in [1.82, 2.24) is 5.32 Å². The fraction of sp³-hybridized carbons (Fsp3) is 0.429. The molecule has 0 unspecified atom stereocenters. The molecule has 0 radical (unpaired) electrons. The van der Waals surface area contributed by atoms with Crippen LogP contribution in [0.2, 0.25) is 5.02 Å². The van der Waals surface area contributed by atoms with Crippen molar-refractivity contribution in [1.29, 1.82) is 0 Å². The molecule has 0 saturated heterocycles. The van der Waals surface area contributed by atoms with Crippen LogP contribution in [0.15, 0.2) is 24.3 Å². The Bertz CT molecular complexity index is 448. The van der Waals surface area contributed by atoms with Gasteiger partial charge in [-0.15, -0.1) is 0 Å². The maximum Gasteiger partial charge on any atom is 0.328 e. The van der Waals surface area contributed by atoms with Crippen molar-refractivity contribution < 1.29 is 14.3 Å². The number of ether oxygens (including phenoxy) is 1. The zero-order valence-corrected chi connectivity index (χ0v) is 11.9. The van der Waals surface area contributed by atoms with Gasteiger partial charge in [0.1, 0.15) is 6.04 Å². The molecule has 1 aromatic carbocycles. The Balaban J connectivity index is 2.76. The van der Waals surface area contributed by atoms with Gasteiger partial charge in [-0.25, -0.2) is 4.79 Å². The summed E-state index contributed by atoms with van der Waals surface area (Å²) in [4.78, 5) is 23.7. The van der Waals surface area contributed by atoms with E-state index in [1.807, 2.05) is 6.92 Å². The summed E-state index contributed by atoms with van der Waals surface area (Å²) in [7, 11) is 1.31. The van der Waals surface area contributed by atoms with Gasteiger partial charge in [0.2, 0.25) is 0 Å². The van der Waals surface area contributed by atoms with Gasteiger partial charge < -0.3 is 10.1 Å². The van der Waals surface area contributed by atoms with E-state index in [2.05, 4.69) is 10.1 Å². The molecular weight excluding hydrogens is 266 g/mol. The number of methoxy groups -OCH3 is 1. The third kappa shape index (κ3) is 4.56. The number of amides is 1. The van der Waals surface area contributed by atoms with E-state index < -0.39 is 12.0 Å². The van der Waals surface area contributed by atoms with Gasteiger partial charge in [-0.2, -0.15) is 0 Å². The van der Waals surface area contributed by atoms with E-state index in [0.717, 1.165) is 12.8 Å². The number of hydrogen-bond acceptors (Lipinski definition) is 3. The van der Waals surface area contributed by atoms with E-state index in [0.29, 0.717) is 17.0 Å². The summed E-state index contributed by atoms with van der Waals surface area (Å²) >= 11 is 5.94. The van der Waals surface area contributed by atoms with Crippen LogP contribution in [0.3, 0.4) is 0 Å². The summed E-state index contributed by atoms with van der Waals surface area (Å²) in [5, 5.41) is 3.02. The molecule has 1 amide bonds.